The van der Waals surface area contributed by atoms with Crippen LogP contribution in [0.25, 0.3) is 11.4 Å². The maximum atomic E-state index is 13.2. The highest BCUT2D eigenvalue weighted by atomic mass is 32.2. The smallest absolute Gasteiger partial charge is 0.242 e. The third-order valence-electron chi connectivity index (χ3n) is 4.61. The monoisotopic (exact) mass is 436 g/mol. The molecule has 1 aromatic heterocycles. The highest BCUT2D eigenvalue weighted by Crippen LogP contribution is 2.36. The van der Waals surface area contributed by atoms with Crippen LogP contribution in [0.1, 0.15) is 10.8 Å². The van der Waals surface area contributed by atoms with Crippen molar-refractivity contribution in [1.82, 2.24) is 14.8 Å². The molecule has 5 nitrogen and oxygen atoms in total. The Balaban J connectivity index is 1.62. The Labute approximate surface area is 182 Å². The zero-order valence-corrected chi connectivity index (χ0v) is 17.3. The van der Waals surface area contributed by atoms with Gasteiger partial charge in [0.15, 0.2) is 11.0 Å². The Morgan fingerprint density at radius 2 is 1.52 bits per heavy atom. The Morgan fingerprint density at radius 1 is 0.903 bits per heavy atom. The highest BCUT2D eigenvalue weighted by Gasteiger charge is 2.25. The van der Waals surface area contributed by atoms with Crippen LogP contribution >= 0.6 is 11.8 Å². The summed E-state index contributed by atoms with van der Waals surface area (Å²) in [7, 11) is 1.79. The molecule has 4 aromatic rings. The molecule has 0 radical (unpaired) electrons. The molecule has 0 fully saturated rings. The van der Waals surface area contributed by atoms with Crippen LogP contribution in [0.3, 0.4) is 0 Å². The van der Waals surface area contributed by atoms with E-state index in [1.165, 1.54) is 48.2 Å². The van der Waals surface area contributed by atoms with Crippen molar-refractivity contribution in [3.8, 4) is 11.4 Å². The average molecular weight is 436 g/mol. The molecule has 3 aromatic carbocycles. The van der Waals surface area contributed by atoms with Gasteiger partial charge in [0, 0.05) is 18.3 Å². The van der Waals surface area contributed by atoms with Crippen molar-refractivity contribution in [1.29, 1.82) is 0 Å². The van der Waals surface area contributed by atoms with E-state index in [-0.39, 0.29) is 17.5 Å². The molecule has 1 amide bonds. The topological polar surface area (TPSA) is 59.8 Å². The van der Waals surface area contributed by atoms with Gasteiger partial charge in [-0.1, -0.05) is 42.1 Å². The molecule has 0 aliphatic rings. The van der Waals surface area contributed by atoms with Crippen molar-refractivity contribution in [3.05, 3.63) is 96.1 Å². The van der Waals surface area contributed by atoms with Gasteiger partial charge < -0.3 is 9.88 Å². The maximum absolute atomic E-state index is 13.2. The van der Waals surface area contributed by atoms with Crippen LogP contribution in [-0.2, 0) is 11.8 Å². The Morgan fingerprint density at radius 3 is 2.16 bits per heavy atom. The minimum absolute atomic E-state index is 0.269. The second-order valence-corrected chi connectivity index (χ2v) is 7.85. The average Bonchev–Trinajstić information content (AvgIpc) is 3.15. The largest absolute Gasteiger partial charge is 0.325 e. The van der Waals surface area contributed by atoms with Crippen LogP contribution in [0.4, 0.5) is 14.5 Å². The number of nitrogens with one attached hydrogen (secondary N) is 1. The van der Waals surface area contributed by atoms with E-state index < -0.39 is 5.25 Å². The van der Waals surface area contributed by atoms with Crippen LogP contribution in [0, 0.1) is 11.6 Å². The molecule has 156 valence electrons. The fourth-order valence-electron chi connectivity index (χ4n) is 3.02. The summed E-state index contributed by atoms with van der Waals surface area (Å²) in [4.78, 5) is 13.1. The molecule has 0 spiro atoms. The standard InChI is InChI=1S/C23H18F2N4OS/c1-29-21(16-7-9-17(24)10-8-16)27-28-23(29)31-20(15-5-3-2-4-6-15)22(30)26-19-13-11-18(25)12-14-19/h2-14,20H,1H3,(H,26,30)/t20-/m1/s1. The molecule has 0 saturated carbocycles. The highest BCUT2D eigenvalue weighted by molar-refractivity contribution is 8.00. The molecule has 0 bridgehead atoms. The summed E-state index contributed by atoms with van der Waals surface area (Å²) < 4.78 is 28.2. The molecule has 0 saturated heterocycles. The van der Waals surface area contributed by atoms with E-state index in [4.69, 9.17) is 0 Å². The molecule has 1 N–H and O–H groups in total. The Bertz CT molecular complexity index is 1180. The number of thioether (sulfide) groups is 1. The van der Waals surface area contributed by atoms with Crippen molar-refractivity contribution in [3.63, 3.8) is 0 Å². The lowest BCUT2D eigenvalue weighted by atomic mass is 10.1. The number of benzene rings is 3. The predicted octanol–water partition coefficient (Wildman–Crippen LogP) is 5.23. The third kappa shape index (κ3) is 4.80. The van der Waals surface area contributed by atoms with E-state index >= 15 is 0 Å². The van der Waals surface area contributed by atoms with Crippen molar-refractivity contribution in [2.75, 3.05) is 5.32 Å². The summed E-state index contributed by atoms with van der Waals surface area (Å²) in [5.41, 5.74) is 2.01. The first-order valence-electron chi connectivity index (χ1n) is 9.44. The van der Waals surface area contributed by atoms with E-state index in [0.717, 1.165) is 11.1 Å². The number of aromatic nitrogens is 3. The summed E-state index contributed by atoms with van der Waals surface area (Å²) in [6, 6.07) is 20.9. The number of amides is 1. The normalized spacial score (nSPS) is 11.8. The zero-order chi connectivity index (χ0) is 21.8. The number of anilines is 1. The summed E-state index contributed by atoms with van der Waals surface area (Å²) in [6.07, 6.45) is 0. The van der Waals surface area contributed by atoms with E-state index in [1.54, 1.807) is 23.7 Å². The van der Waals surface area contributed by atoms with Gasteiger partial charge in [0.2, 0.25) is 5.91 Å². The van der Waals surface area contributed by atoms with Gasteiger partial charge in [-0.25, -0.2) is 8.78 Å². The third-order valence-corrected chi connectivity index (χ3v) is 5.90. The molecule has 1 atom stereocenters. The first-order valence-corrected chi connectivity index (χ1v) is 10.3. The van der Waals surface area contributed by atoms with Gasteiger partial charge in [-0.05, 0) is 54.1 Å². The van der Waals surface area contributed by atoms with Crippen LogP contribution in [-0.4, -0.2) is 20.7 Å². The van der Waals surface area contributed by atoms with Crippen molar-refractivity contribution in [2.45, 2.75) is 10.4 Å². The van der Waals surface area contributed by atoms with E-state index in [2.05, 4.69) is 15.5 Å². The number of rotatable bonds is 6. The quantitative estimate of drug-likeness (QED) is 0.421. The lowest BCUT2D eigenvalue weighted by Crippen LogP contribution is -2.19. The molecule has 0 aliphatic carbocycles. The fraction of sp³-hybridized carbons (Fsp3) is 0.0870. The minimum Gasteiger partial charge on any atom is -0.325 e. The minimum atomic E-state index is -0.616. The van der Waals surface area contributed by atoms with Gasteiger partial charge >= 0.3 is 0 Å². The Hall–Kier alpha value is -3.52. The number of carbonyl (C=O) groups excluding carboxylic acids is 1. The zero-order valence-electron chi connectivity index (χ0n) is 16.5. The van der Waals surface area contributed by atoms with Crippen molar-refractivity contribution >= 4 is 23.4 Å². The van der Waals surface area contributed by atoms with Crippen molar-refractivity contribution < 1.29 is 13.6 Å². The molecular formula is C23H18F2N4OS. The lowest BCUT2D eigenvalue weighted by molar-refractivity contribution is -0.115. The molecule has 4 rings (SSSR count). The van der Waals surface area contributed by atoms with Crippen molar-refractivity contribution in [2.24, 2.45) is 7.05 Å². The SMILES string of the molecule is Cn1c(S[C@@H](C(=O)Nc2ccc(F)cc2)c2ccccc2)nnc1-c1ccc(F)cc1. The van der Waals surface area contributed by atoms with Gasteiger partial charge in [0.05, 0.1) is 0 Å². The van der Waals surface area contributed by atoms with E-state index in [0.29, 0.717) is 16.7 Å². The van der Waals surface area contributed by atoms with Gasteiger partial charge in [0.25, 0.3) is 0 Å². The molecule has 8 heteroatoms. The second kappa shape index (κ2) is 9.09. The predicted molar refractivity (Wildman–Crippen MR) is 116 cm³/mol. The summed E-state index contributed by atoms with van der Waals surface area (Å²) >= 11 is 1.25. The number of halogens is 2. The first-order chi connectivity index (χ1) is 15.0. The number of hydrogen-bond acceptors (Lipinski definition) is 4. The number of carbonyl (C=O) groups is 1. The molecule has 0 aliphatic heterocycles. The summed E-state index contributed by atoms with van der Waals surface area (Å²) in [5, 5.41) is 11.2. The fourth-order valence-corrected chi connectivity index (χ4v) is 4.02. The van der Waals surface area contributed by atoms with Gasteiger partial charge in [-0.2, -0.15) is 0 Å². The van der Waals surface area contributed by atoms with Gasteiger partial charge in [-0.3, -0.25) is 4.79 Å². The first kappa shape index (κ1) is 20.7. The van der Waals surface area contributed by atoms with Gasteiger partial charge in [-0.15, -0.1) is 10.2 Å². The molecular weight excluding hydrogens is 418 g/mol. The molecule has 1 heterocycles. The van der Waals surface area contributed by atoms with Crippen LogP contribution < -0.4 is 5.32 Å². The maximum Gasteiger partial charge on any atom is 0.242 e. The lowest BCUT2D eigenvalue weighted by Gasteiger charge is -2.16. The molecule has 31 heavy (non-hydrogen) atoms. The van der Waals surface area contributed by atoms with Gasteiger partial charge in [0.1, 0.15) is 16.9 Å². The van der Waals surface area contributed by atoms with E-state index in [1.807, 2.05) is 30.3 Å². The molecule has 0 unspecified atom stereocenters. The summed E-state index contributed by atoms with van der Waals surface area (Å²) in [5.74, 6) is -0.413. The van der Waals surface area contributed by atoms with Crippen LogP contribution in [0.5, 0.6) is 0 Å². The summed E-state index contributed by atoms with van der Waals surface area (Å²) in [6.45, 7) is 0. The number of nitrogens with zero attached hydrogens (tertiary/aromatic N) is 3. The van der Waals surface area contributed by atoms with Crippen LogP contribution in [0.2, 0.25) is 0 Å². The second-order valence-electron chi connectivity index (χ2n) is 6.78. The number of hydrogen-bond donors (Lipinski definition) is 1. The van der Waals surface area contributed by atoms with E-state index in [9.17, 15) is 13.6 Å². The Kier molecular flexibility index (Phi) is 6.08. The van der Waals surface area contributed by atoms with Crippen LogP contribution in [0.15, 0.2) is 84.0 Å².